The van der Waals surface area contributed by atoms with Crippen molar-refractivity contribution in [3.8, 4) is 0 Å². The van der Waals surface area contributed by atoms with Gasteiger partial charge in [-0.25, -0.2) is 9.36 Å². The van der Waals surface area contributed by atoms with Crippen molar-refractivity contribution in [1.82, 2.24) is 0 Å². The third kappa shape index (κ3) is 3.69. The van der Waals surface area contributed by atoms with E-state index in [1.54, 1.807) is 0 Å². The molecule has 1 aliphatic rings. The summed E-state index contributed by atoms with van der Waals surface area (Å²) in [7, 11) is -4.99. The summed E-state index contributed by atoms with van der Waals surface area (Å²) in [4.78, 5) is 28.0. The minimum atomic E-state index is -4.99. The van der Waals surface area contributed by atoms with E-state index in [9.17, 15) is 14.5 Å². The highest BCUT2D eigenvalue weighted by Gasteiger charge is 2.40. The number of carbonyl (C=O) groups excluding carboxylic acids is 1. The average molecular weight is 270 g/mol. The molecule has 0 fully saturated rings. The number of hydrogen-bond acceptors (Lipinski definition) is 7. The van der Waals surface area contributed by atoms with Crippen LogP contribution < -0.4 is 0 Å². The van der Waals surface area contributed by atoms with Crippen LogP contribution in [0.25, 0.3) is 0 Å². The van der Waals surface area contributed by atoms with Gasteiger partial charge in [-0.1, -0.05) is 0 Å². The number of aliphatic hydroxyl groups is 3. The van der Waals surface area contributed by atoms with Gasteiger partial charge in [0.15, 0.2) is 11.9 Å². The van der Waals surface area contributed by atoms with Crippen LogP contribution in [-0.2, 0) is 18.6 Å². The Morgan fingerprint density at radius 1 is 1.47 bits per heavy atom. The first-order valence-corrected chi connectivity index (χ1v) is 5.95. The molecular weight excluding hydrogens is 259 g/mol. The first-order chi connectivity index (χ1) is 7.74. The maximum Gasteiger partial charge on any atom is 0.525 e. The zero-order valence-corrected chi connectivity index (χ0v) is 9.28. The lowest BCUT2D eigenvalue weighted by molar-refractivity contribution is -0.143. The number of carbonyl (C=O) groups is 1. The Hall–Kier alpha value is -1.12. The minimum absolute atomic E-state index is 0.317. The van der Waals surface area contributed by atoms with Crippen LogP contribution in [0.3, 0.4) is 0 Å². The van der Waals surface area contributed by atoms with Gasteiger partial charge in [0.25, 0.3) is 5.76 Å². The van der Waals surface area contributed by atoms with Crippen molar-refractivity contribution in [1.29, 1.82) is 0 Å². The summed E-state index contributed by atoms with van der Waals surface area (Å²) in [5.41, 5.74) is 0. The van der Waals surface area contributed by atoms with E-state index in [-0.39, 0.29) is 6.42 Å². The SMILES string of the molecule is O=C1O[C@H](C[C@@H](O)CO)C(O)=C1OP(=O)(O)O. The number of esters is 1. The second-order valence-corrected chi connectivity index (χ2v) is 4.43. The Morgan fingerprint density at radius 3 is 2.53 bits per heavy atom. The number of phosphoric acid groups is 1. The average Bonchev–Trinajstić information content (AvgIpc) is 2.44. The Balaban J connectivity index is 2.81. The smallest absolute Gasteiger partial charge is 0.505 e. The molecule has 0 aromatic rings. The van der Waals surface area contributed by atoms with Crippen LogP contribution in [0.2, 0.25) is 0 Å². The molecule has 1 heterocycles. The predicted molar refractivity (Wildman–Crippen MR) is 50.4 cm³/mol. The van der Waals surface area contributed by atoms with Gasteiger partial charge >= 0.3 is 13.8 Å². The van der Waals surface area contributed by atoms with Crippen molar-refractivity contribution in [3.63, 3.8) is 0 Å². The van der Waals surface area contributed by atoms with Crippen molar-refractivity contribution in [2.45, 2.75) is 18.6 Å². The van der Waals surface area contributed by atoms with Crippen molar-refractivity contribution >= 4 is 13.8 Å². The monoisotopic (exact) mass is 270 g/mol. The van der Waals surface area contributed by atoms with Gasteiger partial charge in [0.2, 0.25) is 0 Å². The highest BCUT2D eigenvalue weighted by atomic mass is 31.2. The van der Waals surface area contributed by atoms with Gasteiger partial charge < -0.3 is 24.6 Å². The molecule has 0 aromatic carbocycles. The number of rotatable bonds is 5. The molecule has 9 nitrogen and oxygen atoms in total. The fourth-order valence-electron chi connectivity index (χ4n) is 1.17. The molecule has 2 atom stereocenters. The van der Waals surface area contributed by atoms with Crippen LogP contribution in [0.15, 0.2) is 11.5 Å². The van der Waals surface area contributed by atoms with E-state index >= 15 is 0 Å². The third-order valence-corrected chi connectivity index (χ3v) is 2.30. The molecule has 98 valence electrons. The second-order valence-electron chi connectivity index (χ2n) is 3.26. The molecule has 0 aromatic heterocycles. The lowest BCUT2D eigenvalue weighted by Crippen LogP contribution is -2.22. The summed E-state index contributed by atoms with van der Waals surface area (Å²) in [6.07, 6.45) is -2.86. The van der Waals surface area contributed by atoms with Gasteiger partial charge in [0.1, 0.15) is 0 Å². The number of hydrogen-bond donors (Lipinski definition) is 5. The van der Waals surface area contributed by atoms with E-state index in [2.05, 4.69) is 9.26 Å². The number of aliphatic hydroxyl groups excluding tert-OH is 3. The number of cyclic esters (lactones) is 1. The zero-order chi connectivity index (χ0) is 13.2. The molecule has 0 saturated heterocycles. The van der Waals surface area contributed by atoms with Crippen LogP contribution in [0.4, 0.5) is 0 Å². The Bertz CT molecular complexity index is 383. The number of phosphoric ester groups is 1. The fraction of sp³-hybridized carbons (Fsp3) is 0.571. The summed E-state index contributed by atoms with van der Waals surface area (Å²) < 4.78 is 18.9. The van der Waals surface area contributed by atoms with Gasteiger partial charge in [0.05, 0.1) is 12.7 Å². The first kappa shape index (κ1) is 13.9. The Morgan fingerprint density at radius 2 is 2.06 bits per heavy atom. The summed E-state index contributed by atoms with van der Waals surface area (Å²) in [5, 5.41) is 27.0. The molecule has 17 heavy (non-hydrogen) atoms. The molecule has 1 aliphatic heterocycles. The van der Waals surface area contributed by atoms with Crippen LogP contribution in [-0.4, -0.2) is 49.9 Å². The topological polar surface area (TPSA) is 154 Å². The molecule has 1 rings (SSSR count). The summed E-state index contributed by atoms with van der Waals surface area (Å²) in [6, 6.07) is 0. The molecule has 0 spiro atoms. The van der Waals surface area contributed by atoms with Crippen LogP contribution in [0, 0.1) is 0 Å². The molecule has 0 saturated carbocycles. The first-order valence-electron chi connectivity index (χ1n) is 4.42. The molecule has 0 aliphatic carbocycles. The van der Waals surface area contributed by atoms with Gasteiger partial charge in [-0.15, -0.1) is 0 Å². The second kappa shape index (κ2) is 5.03. The van der Waals surface area contributed by atoms with Gasteiger partial charge in [-0.3, -0.25) is 9.79 Å². The summed E-state index contributed by atoms with van der Waals surface area (Å²) >= 11 is 0. The maximum absolute atomic E-state index is 11.1. The number of ether oxygens (including phenoxy) is 1. The van der Waals surface area contributed by atoms with Gasteiger partial charge in [-0.05, 0) is 0 Å². The normalized spacial score (nSPS) is 22.6. The minimum Gasteiger partial charge on any atom is -0.505 e. The van der Waals surface area contributed by atoms with E-state index in [0.717, 1.165) is 0 Å². The van der Waals surface area contributed by atoms with E-state index in [0.29, 0.717) is 0 Å². The van der Waals surface area contributed by atoms with Crippen molar-refractivity contribution in [2.75, 3.05) is 6.61 Å². The largest absolute Gasteiger partial charge is 0.525 e. The molecule has 0 unspecified atom stereocenters. The summed E-state index contributed by atoms with van der Waals surface area (Å²) in [6.45, 7) is -0.615. The van der Waals surface area contributed by atoms with Crippen molar-refractivity contribution in [3.05, 3.63) is 11.5 Å². The van der Waals surface area contributed by atoms with Crippen molar-refractivity contribution in [2.24, 2.45) is 0 Å². The van der Waals surface area contributed by atoms with E-state index in [1.165, 1.54) is 0 Å². The highest BCUT2D eigenvalue weighted by molar-refractivity contribution is 7.46. The van der Waals surface area contributed by atoms with Gasteiger partial charge in [-0.2, -0.15) is 0 Å². The molecule has 0 radical (unpaired) electrons. The van der Waals surface area contributed by atoms with E-state index in [1.807, 2.05) is 0 Å². The molecule has 0 amide bonds. The predicted octanol–water partition coefficient (Wildman–Crippen LogP) is -1.47. The van der Waals surface area contributed by atoms with E-state index < -0.39 is 44.1 Å². The molecule has 5 N–H and O–H groups in total. The van der Waals surface area contributed by atoms with E-state index in [4.69, 9.17) is 20.0 Å². The summed E-state index contributed by atoms with van der Waals surface area (Å²) in [5.74, 6) is -3.07. The van der Waals surface area contributed by atoms with Gasteiger partial charge in [0, 0.05) is 6.42 Å². The quantitative estimate of drug-likeness (QED) is 0.297. The molecule has 0 bridgehead atoms. The molecule has 10 heteroatoms. The maximum atomic E-state index is 11.1. The lowest BCUT2D eigenvalue weighted by atomic mass is 10.1. The Labute approximate surface area is 95.1 Å². The fourth-order valence-corrected chi connectivity index (χ4v) is 1.58. The van der Waals surface area contributed by atoms with Crippen LogP contribution in [0.1, 0.15) is 6.42 Å². The third-order valence-electron chi connectivity index (χ3n) is 1.88. The zero-order valence-electron chi connectivity index (χ0n) is 8.39. The highest BCUT2D eigenvalue weighted by Crippen LogP contribution is 2.42. The standard InChI is InChI=1S/C7H11O9P/c8-2-3(9)1-4-5(10)6(7(11)15-4)16-17(12,13)14/h3-4,8-10H,1-2H2,(H2,12,13,14)/t3-,4-/m1/s1. The van der Waals surface area contributed by atoms with Crippen molar-refractivity contribution < 1.29 is 43.7 Å². The van der Waals surface area contributed by atoms with Crippen LogP contribution >= 0.6 is 7.82 Å². The Kier molecular flexibility index (Phi) is 4.12. The molecular formula is C7H11O9P. The lowest BCUT2D eigenvalue weighted by Gasteiger charge is -2.12. The van der Waals surface area contributed by atoms with Crippen LogP contribution in [0.5, 0.6) is 0 Å².